The van der Waals surface area contributed by atoms with E-state index in [0.29, 0.717) is 0 Å². The molecule has 0 N–H and O–H groups in total. The average molecular weight is 491 g/mol. The lowest BCUT2D eigenvalue weighted by Crippen LogP contribution is -2.61. The highest BCUT2D eigenvalue weighted by molar-refractivity contribution is 6.91. The molecule has 0 aromatic heterocycles. The molecule has 1 aliphatic rings. The zero-order chi connectivity index (χ0) is 20.7. The van der Waals surface area contributed by atoms with Crippen LogP contribution >= 0.6 is 0 Å². The van der Waals surface area contributed by atoms with Crippen molar-refractivity contribution in [2.45, 2.75) is 78.6 Å². The molecule has 1 aliphatic heterocycles. The second-order valence-corrected chi connectivity index (χ2v) is 32.7. The Bertz CT molecular complexity index is 454. The van der Waals surface area contributed by atoms with Crippen molar-refractivity contribution >= 4 is 61.4 Å². The second kappa shape index (κ2) is 8.17. The Labute approximate surface area is 168 Å². The van der Waals surface area contributed by atoms with E-state index >= 15 is 0 Å². The molecule has 0 aliphatic carbocycles. The summed E-state index contributed by atoms with van der Waals surface area (Å²) in [7, 11) is -15.5. The topological polar surface area (TPSA) is 64.6 Å². The summed E-state index contributed by atoms with van der Waals surface area (Å²) in [5, 5.41) is 0. The van der Waals surface area contributed by atoms with Crippen LogP contribution in [0.25, 0.3) is 0 Å². The summed E-state index contributed by atoms with van der Waals surface area (Å²) < 4.78 is 44.4. The minimum atomic E-state index is -2.43. The van der Waals surface area contributed by atoms with E-state index in [0.717, 1.165) is 0 Å². The van der Waals surface area contributed by atoms with Gasteiger partial charge in [0.15, 0.2) is 0 Å². The maximum atomic E-state index is 6.48. The molecule has 0 saturated carbocycles. The van der Waals surface area contributed by atoms with E-state index in [4.69, 9.17) is 28.8 Å². The Balaban J connectivity index is 3.16. The SMILES string of the molecule is C[Si]1(C)O[SiH2]O[Si](C)(C)O[Si](C)(C)O[Si](C)(C)O[Si](C)(C)O[Si](C)(C)O1. The van der Waals surface area contributed by atoms with Crippen LogP contribution in [0, 0.1) is 0 Å². The van der Waals surface area contributed by atoms with Crippen LogP contribution in [0.15, 0.2) is 0 Å². The summed E-state index contributed by atoms with van der Waals surface area (Å²) in [6, 6.07) is 0. The van der Waals surface area contributed by atoms with Crippen molar-refractivity contribution in [2.75, 3.05) is 0 Å². The van der Waals surface area contributed by atoms with Crippen LogP contribution < -0.4 is 0 Å². The van der Waals surface area contributed by atoms with Crippen LogP contribution in [0.5, 0.6) is 0 Å². The van der Waals surface area contributed by atoms with E-state index in [1.54, 1.807) is 0 Å². The lowest BCUT2D eigenvalue weighted by molar-refractivity contribution is 0.252. The van der Waals surface area contributed by atoms with Gasteiger partial charge in [-0.2, -0.15) is 0 Å². The summed E-state index contributed by atoms with van der Waals surface area (Å²) in [5.41, 5.74) is 0. The summed E-state index contributed by atoms with van der Waals surface area (Å²) in [5.74, 6) is 0. The van der Waals surface area contributed by atoms with E-state index in [9.17, 15) is 0 Å². The van der Waals surface area contributed by atoms with Crippen LogP contribution in [0.1, 0.15) is 0 Å². The Morgan fingerprint density at radius 2 is 0.538 bits per heavy atom. The Morgan fingerprint density at radius 3 is 0.769 bits per heavy atom. The van der Waals surface area contributed by atoms with Gasteiger partial charge >= 0.3 is 51.4 Å². The third-order valence-electron chi connectivity index (χ3n) is 3.27. The van der Waals surface area contributed by atoms with Crippen molar-refractivity contribution < 1.29 is 28.8 Å². The fourth-order valence-electron chi connectivity index (χ4n) is 3.42. The molecule has 0 atom stereocenters. The molecule has 1 rings (SSSR count). The molecule has 0 aromatic carbocycles. The first-order valence-electron chi connectivity index (χ1n) is 9.03. The Morgan fingerprint density at radius 1 is 0.346 bits per heavy atom. The van der Waals surface area contributed by atoms with Crippen LogP contribution in [0.3, 0.4) is 0 Å². The van der Waals surface area contributed by atoms with Gasteiger partial charge in [0.1, 0.15) is 0 Å². The molecular formula is C12H38O7Si7. The molecule has 0 amide bonds. The highest BCUT2D eigenvalue weighted by Crippen LogP contribution is 2.28. The Kier molecular flexibility index (Phi) is 7.94. The zero-order valence-electron chi connectivity index (χ0n) is 18.6. The van der Waals surface area contributed by atoms with Crippen molar-refractivity contribution in [3.8, 4) is 0 Å². The summed E-state index contributed by atoms with van der Waals surface area (Å²) in [4.78, 5) is 0. The number of rotatable bonds is 0. The highest BCUT2D eigenvalue weighted by Gasteiger charge is 2.48. The van der Waals surface area contributed by atoms with Crippen molar-refractivity contribution in [3.05, 3.63) is 0 Å². The highest BCUT2D eigenvalue weighted by atomic mass is 28.5. The van der Waals surface area contributed by atoms with Crippen LogP contribution in [-0.2, 0) is 28.8 Å². The fraction of sp³-hybridized carbons (Fsp3) is 1.00. The lowest BCUT2D eigenvalue weighted by Gasteiger charge is -2.43. The van der Waals surface area contributed by atoms with Gasteiger partial charge in [0.25, 0.3) is 10.0 Å². The van der Waals surface area contributed by atoms with Crippen molar-refractivity contribution in [2.24, 2.45) is 0 Å². The largest absolute Gasteiger partial charge is 0.420 e. The van der Waals surface area contributed by atoms with E-state index < -0.39 is 61.4 Å². The third kappa shape index (κ3) is 9.63. The van der Waals surface area contributed by atoms with Gasteiger partial charge in [0.05, 0.1) is 0 Å². The van der Waals surface area contributed by atoms with Crippen molar-refractivity contribution in [3.63, 3.8) is 0 Å². The van der Waals surface area contributed by atoms with Crippen LogP contribution in [-0.4, -0.2) is 61.4 Å². The van der Waals surface area contributed by atoms with Gasteiger partial charge in [0.2, 0.25) is 0 Å². The summed E-state index contributed by atoms with van der Waals surface area (Å²) in [6.07, 6.45) is 0. The smallest absolute Gasteiger partial charge is 0.314 e. The maximum absolute atomic E-state index is 6.48. The molecule has 0 spiro atoms. The molecular weight excluding hydrogens is 453 g/mol. The number of hydrogen-bond acceptors (Lipinski definition) is 7. The predicted molar refractivity (Wildman–Crippen MR) is 121 cm³/mol. The Hall–Kier alpha value is 1.24. The first-order valence-corrected chi connectivity index (χ1v) is 27.1. The third-order valence-corrected chi connectivity index (χ3v) is 29.4. The van der Waals surface area contributed by atoms with E-state index in [-0.39, 0.29) is 0 Å². The van der Waals surface area contributed by atoms with Crippen molar-refractivity contribution in [1.29, 1.82) is 0 Å². The molecule has 14 heteroatoms. The van der Waals surface area contributed by atoms with Gasteiger partial charge in [-0.05, 0) is 78.6 Å². The molecule has 7 nitrogen and oxygen atoms in total. The van der Waals surface area contributed by atoms with Gasteiger partial charge in [-0.25, -0.2) is 0 Å². The van der Waals surface area contributed by atoms with Gasteiger partial charge in [-0.3, -0.25) is 0 Å². The standard InChI is InChI=1S/C12H38O7Si7/c1-21(2)13-20-14-22(3,4)16-24(7,8)18-26(11,12)19-25(9,10)17-23(5,6)15-21/h20H2,1-12H3. The molecule has 0 radical (unpaired) electrons. The zero-order valence-corrected chi connectivity index (χ0v) is 26.0. The van der Waals surface area contributed by atoms with Gasteiger partial charge in [0, 0.05) is 0 Å². The lowest BCUT2D eigenvalue weighted by atomic mass is 11.9. The quantitative estimate of drug-likeness (QED) is 0.482. The molecule has 0 aromatic rings. The molecule has 1 heterocycles. The maximum Gasteiger partial charge on any atom is 0.314 e. The van der Waals surface area contributed by atoms with Gasteiger partial charge in [-0.1, -0.05) is 0 Å². The second-order valence-electron chi connectivity index (χ2n) is 9.32. The first-order chi connectivity index (χ1) is 11.2. The first kappa shape index (κ1) is 25.3. The normalized spacial score (nSPS) is 30.9. The fourth-order valence-corrected chi connectivity index (χ4v) is 33.8. The molecule has 1 fully saturated rings. The molecule has 1 saturated heterocycles. The van der Waals surface area contributed by atoms with Gasteiger partial charge < -0.3 is 28.8 Å². The molecule has 156 valence electrons. The monoisotopic (exact) mass is 490 g/mol. The minimum absolute atomic E-state index is 1.20. The predicted octanol–water partition coefficient (Wildman–Crippen LogP) is 3.33. The van der Waals surface area contributed by atoms with E-state index in [2.05, 4.69) is 78.6 Å². The van der Waals surface area contributed by atoms with Crippen molar-refractivity contribution in [1.82, 2.24) is 0 Å². The van der Waals surface area contributed by atoms with E-state index in [1.807, 2.05) is 0 Å². The molecule has 0 unspecified atom stereocenters. The number of hydrogen-bond donors (Lipinski definition) is 0. The summed E-state index contributed by atoms with van der Waals surface area (Å²) in [6.45, 7) is 24.7. The van der Waals surface area contributed by atoms with Crippen LogP contribution in [0.2, 0.25) is 78.6 Å². The average Bonchev–Trinajstić information content (AvgIpc) is 2.15. The molecule has 26 heavy (non-hydrogen) atoms. The van der Waals surface area contributed by atoms with Crippen LogP contribution in [0.4, 0.5) is 0 Å². The summed E-state index contributed by atoms with van der Waals surface area (Å²) >= 11 is 0. The van der Waals surface area contributed by atoms with Gasteiger partial charge in [-0.15, -0.1) is 0 Å². The molecule has 0 bridgehead atoms. The minimum Gasteiger partial charge on any atom is -0.420 e. The van der Waals surface area contributed by atoms with E-state index in [1.165, 1.54) is 0 Å².